The van der Waals surface area contributed by atoms with E-state index in [1.54, 1.807) is 11.3 Å². The van der Waals surface area contributed by atoms with Crippen molar-refractivity contribution in [3.63, 3.8) is 0 Å². The predicted octanol–water partition coefficient (Wildman–Crippen LogP) is 2.90. The molecular formula is C16H21N3OS. The summed E-state index contributed by atoms with van der Waals surface area (Å²) in [5, 5.41) is 6.51. The topological polar surface area (TPSA) is 54.0 Å². The van der Waals surface area contributed by atoms with E-state index in [2.05, 4.69) is 46.8 Å². The number of hydrogen-bond donors (Lipinski definition) is 2. The Bertz CT molecular complexity index is 604. The second kappa shape index (κ2) is 7.33. The molecule has 0 saturated heterocycles. The van der Waals surface area contributed by atoms with E-state index < -0.39 is 0 Å². The number of hydrogen-bond acceptors (Lipinski definition) is 4. The van der Waals surface area contributed by atoms with E-state index in [4.69, 9.17) is 0 Å². The fraction of sp³-hybridized carbons (Fsp3) is 0.375. The molecule has 0 radical (unpaired) electrons. The second-order valence-electron chi connectivity index (χ2n) is 5.09. The van der Waals surface area contributed by atoms with Gasteiger partial charge < -0.3 is 10.6 Å². The lowest BCUT2D eigenvalue weighted by molar-refractivity contribution is -0.116. The SMILES string of the molecule is CNCCC(=O)Nc1nc(C)c(Cc2ccc(C)cc2)s1. The standard InChI is InChI=1S/C16H21N3OS/c1-11-4-6-13(7-5-11)10-14-12(2)18-16(21-14)19-15(20)8-9-17-3/h4-7,17H,8-10H2,1-3H3,(H,18,19,20). The van der Waals surface area contributed by atoms with Gasteiger partial charge in [-0.05, 0) is 26.5 Å². The van der Waals surface area contributed by atoms with Gasteiger partial charge in [0.25, 0.3) is 0 Å². The molecule has 2 aromatic rings. The minimum Gasteiger partial charge on any atom is -0.319 e. The van der Waals surface area contributed by atoms with Crippen molar-refractivity contribution in [3.05, 3.63) is 46.0 Å². The van der Waals surface area contributed by atoms with Crippen LogP contribution in [0.15, 0.2) is 24.3 Å². The molecule has 0 fully saturated rings. The molecule has 1 aromatic carbocycles. The van der Waals surface area contributed by atoms with E-state index in [0.717, 1.165) is 12.1 Å². The summed E-state index contributed by atoms with van der Waals surface area (Å²) in [6.07, 6.45) is 1.32. The number of benzene rings is 1. The smallest absolute Gasteiger partial charge is 0.227 e. The van der Waals surface area contributed by atoms with Crippen LogP contribution in [0.3, 0.4) is 0 Å². The van der Waals surface area contributed by atoms with Gasteiger partial charge in [-0.2, -0.15) is 0 Å². The van der Waals surface area contributed by atoms with Gasteiger partial charge in [0.2, 0.25) is 5.91 Å². The largest absolute Gasteiger partial charge is 0.319 e. The molecule has 2 rings (SSSR count). The van der Waals surface area contributed by atoms with Crippen molar-refractivity contribution in [1.82, 2.24) is 10.3 Å². The van der Waals surface area contributed by atoms with Crippen LogP contribution in [0.25, 0.3) is 0 Å². The molecule has 1 aromatic heterocycles. The molecule has 0 aliphatic rings. The summed E-state index contributed by atoms with van der Waals surface area (Å²) in [5.74, 6) is -0.0000131. The monoisotopic (exact) mass is 303 g/mol. The molecule has 0 bridgehead atoms. The molecule has 0 aliphatic carbocycles. The van der Waals surface area contributed by atoms with E-state index in [1.807, 2.05) is 14.0 Å². The zero-order valence-corrected chi connectivity index (χ0v) is 13.5. The Balaban J connectivity index is 2.01. The molecule has 4 nitrogen and oxygen atoms in total. The van der Waals surface area contributed by atoms with Crippen LogP contribution in [0, 0.1) is 13.8 Å². The van der Waals surface area contributed by atoms with Crippen LogP contribution in [0.2, 0.25) is 0 Å². The van der Waals surface area contributed by atoms with Gasteiger partial charge in [0.15, 0.2) is 5.13 Å². The number of aryl methyl sites for hydroxylation is 2. The maximum absolute atomic E-state index is 11.7. The summed E-state index contributed by atoms with van der Waals surface area (Å²) in [4.78, 5) is 17.3. The highest BCUT2D eigenvalue weighted by Crippen LogP contribution is 2.25. The van der Waals surface area contributed by atoms with E-state index in [9.17, 15) is 4.79 Å². The Morgan fingerprint density at radius 2 is 1.95 bits per heavy atom. The lowest BCUT2D eigenvalue weighted by atomic mass is 10.1. The molecular weight excluding hydrogens is 282 g/mol. The molecule has 5 heteroatoms. The van der Waals surface area contributed by atoms with Crippen molar-refractivity contribution in [2.45, 2.75) is 26.7 Å². The molecule has 0 unspecified atom stereocenters. The number of carbonyl (C=O) groups excluding carboxylic acids is 1. The third-order valence-electron chi connectivity index (χ3n) is 3.23. The number of thiazole rings is 1. The Labute approximate surface area is 129 Å². The number of amides is 1. The molecule has 0 aliphatic heterocycles. The van der Waals surface area contributed by atoms with Gasteiger partial charge in [-0.1, -0.05) is 29.8 Å². The Hall–Kier alpha value is -1.72. The summed E-state index contributed by atoms with van der Waals surface area (Å²) < 4.78 is 0. The Morgan fingerprint density at radius 1 is 1.24 bits per heavy atom. The number of rotatable bonds is 6. The van der Waals surface area contributed by atoms with Crippen LogP contribution in [0.4, 0.5) is 5.13 Å². The molecule has 0 spiro atoms. The number of aromatic nitrogens is 1. The Kier molecular flexibility index (Phi) is 5.47. The third-order valence-corrected chi connectivity index (χ3v) is 4.30. The van der Waals surface area contributed by atoms with Gasteiger partial charge in [-0.25, -0.2) is 4.98 Å². The lowest BCUT2D eigenvalue weighted by Crippen LogP contribution is -2.18. The molecule has 0 atom stereocenters. The van der Waals surface area contributed by atoms with Crippen LogP contribution in [0.1, 0.15) is 28.1 Å². The molecule has 2 N–H and O–H groups in total. The average molecular weight is 303 g/mol. The van der Waals surface area contributed by atoms with Crippen molar-refractivity contribution >= 4 is 22.4 Å². The minimum atomic E-state index is -0.0000131. The van der Waals surface area contributed by atoms with Crippen LogP contribution >= 0.6 is 11.3 Å². The minimum absolute atomic E-state index is 0.0000131. The fourth-order valence-corrected chi connectivity index (χ4v) is 2.97. The molecule has 1 amide bonds. The first-order chi connectivity index (χ1) is 10.1. The van der Waals surface area contributed by atoms with E-state index in [1.165, 1.54) is 16.0 Å². The van der Waals surface area contributed by atoms with Gasteiger partial charge in [0.05, 0.1) is 5.69 Å². The molecule has 0 saturated carbocycles. The van der Waals surface area contributed by atoms with Gasteiger partial charge >= 0.3 is 0 Å². The third kappa shape index (κ3) is 4.65. The summed E-state index contributed by atoms with van der Waals surface area (Å²) in [6.45, 7) is 4.75. The predicted molar refractivity (Wildman–Crippen MR) is 88.0 cm³/mol. The number of carbonyl (C=O) groups is 1. The van der Waals surface area contributed by atoms with Gasteiger partial charge in [-0.3, -0.25) is 4.79 Å². The zero-order chi connectivity index (χ0) is 15.2. The van der Waals surface area contributed by atoms with Gasteiger partial charge in [0.1, 0.15) is 0 Å². The average Bonchev–Trinajstić information content (AvgIpc) is 2.79. The number of nitrogens with zero attached hydrogens (tertiary/aromatic N) is 1. The summed E-state index contributed by atoms with van der Waals surface area (Å²) >= 11 is 1.56. The van der Waals surface area contributed by atoms with Gasteiger partial charge in [0, 0.05) is 24.3 Å². The summed E-state index contributed by atoms with van der Waals surface area (Å²) in [5.41, 5.74) is 3.52. The van der Waals surface area contributed by atoms with Crippen LogP contribution in [-0.4, -0.2) is 24.5 Å². The first-order valence-electron chi connectivity index (χ1n) is 7.05. The number of nitrogens with one attached hydrogen (secondary N) is 2. The lowest BCUT2D eigenvalue weighted by Gasteiger charge is -2.01. The van der Waals surface area contributed by atoms with Crippen LogP contribution in [-0.2, 0) is 11.2 Å². The molecule has 21 heavy (non-hydrogen) atoms. The van der Waals surface area contributed by atoms with E-state index in [-0.39, 0.29) is 5.91 Å². The Morgan fingerprint density at radius 3 is 2.62 bits per heavy atom. The highest BCUT2D eigenvalue weighted by atomic mass is 32.1. The quantitative estimate of drug-likeness (QED) is 0.863. The van der Waals surface area contributed by atoms with Crippen molar-refractivity contribution < 1.29 is 4.79 Å². The maximum atomic E-state index is 11.7. The van der Waals surface area contributed by atoms with Crippen LogP contribution < -0.4 is 10.6 Å². The normalized spacial score (nSPS) is 10.6. The zero-order valence-electron chi connectivity index (χ0n) is 12.7. The van der Waals surface area contributed by atoms with Gasteiger partial charge in [-0.15, -0.1) is 11.3 Å². The molecule has 112 valence electrons. The highest BCUT2D eigenvalue weighted by Gasteiger charge is 2.10. The highest BCUT2D eigenvalue weighted by molar-refractivity contribution is 7.15. The van der Waals surface area contributed by atoms with Crippen LogP contribution in [0.5, 0.6) is 0 Å². The van der Waals surface area contributed by atoms with Crippen molar-refractivity contribution in [2.24, 2.45) is 0 Å². The summed E-state index contributed by atoms with van der Waals surface area (Å²) in [7, 11) is 1.83. The summed E-state index contributed by atoms with van der Waals surface area (Å²) in [6, 6.07) is 8.51. The van der Waals surface area contributed by atoms with Crippen molar-refractivity contribution in [1.29, 1.82) is 0 Å². The number of anilines is 1. The van der Waals surface area contributed by atoms with E-state index >= 15 is 0 Å². The first kappa shape index (κ1) is 15.7. The van der Waals surface area contributed by atoms with Crippen molar-refractivity contribution in [3.8, 4) is 0 Å². The maximum Gasteiger partial charge on any atom is 0.227 e. The van der Waals surface area contributed by atoms with E-state index in [0.29, 0.717) is 18.1 Å². The first-order valence-corrected chi connectivity index (χ1v) is 7.86. The second-order valence-corrected chi connectivity index (χ2v) is 6.18. The van der Waals surface area contributed by atoms with Crippen molar-refractivity contribution in [2.75, 3.05) is 18.9 Å². The fourth-order valence-electron chi connectivity index (χ4n) is 1.96. The molecule has 1 heterocycles.